The Hall–Kier alpha value is -2.38. The van der Waals surface area contributed by atoms with Gasteiger partial charge < -0.3 is 0 Å². The first-order valence-corrected chi connectivity index (χ1v) is 10.7. The summed E-state index contributed by atoms with van der Waals surface area (Å²) in [6.45, 7) is 4.75. The average Bonchev–Trinajstić information content (AvgIpc) is 2.65. The Labute approximate surface area is 144 Å². The van der Waals surface area contributed by atoms with Crippen LogP contribution in [0.5, 0.6) is 0 Å². The summed E-state index contributed by atoms with van der Waals surface area (Å²) < 4.78 is 0. The summed E-state index contributed by atoms with van der Waals surface area (Å²) in [7, 11) is -2.09. The van der Waals surface area contributed by atoms with Crippen molar-refractivity contribution < 1.29 is 0 Å². The molecule has 1 heteroatoms. The first kappa shape index (κ1) is 14.0. The second-order valence-electron chi connectivity index (χ2n) is 7.03. The molecule has 24 heavy (non-hydrogen) atoms. The Morgan fingerprint density at radius 1 is 0.625 bits per heavy atom. The van der Waals surface area contributed by atoms with Gasteiger partial charge in [0.25, 0.3) is 0 Å². The minimum Gasteiger partial charge on any atom is -0.0706 e. The van der Waals surface area contributed by atoms with Crippen molar-refractivity contribution in [3.05, 3.63) is 101 Å². The lowest BCUT2D eigenvalue weighted by atomic mass is 9.84. The highest BCUT2D eigenvalue weighted by atomic mass is 28.3. The van der Waals surface area contributed by atoms with Gasteiger partial charge in [-0.05, 0) is 40.5 Å². The van der Waals surface area contributed by atoms with Crippen molar-refractivity contribution in [2.75, 3.05) is 0 Å². The molecule has 0 aromatic heterocycles. The van der Waals surface area contributed by atoms with Crippen LogP contribution in [0.15, 0.2) is 89.6 Å². The van der Waals surface area contributed by atoms with E-state index in [9.17, 15) is 0 Å². The van der Waals surface area contributed by atoms with E-state index in [0.717, 1.165) is 0 Å². The fourth-order valence-electron chi connectivity index (χ4n) is 5.09. The zero-order chi connectivity index (χ0) is 16.3. The molecule has 0 saturated carbocycles. The molecule has 0 radical (unpaired) electrons. The summed E-state index contributed by atoms with van der Waals surface area (Å²) in [6, 6.07) is 29.6. The van der Waals surface area contributed by atoms with E-state index < -0.39 is 8.07 Å². The molecule has 3 aromatic carbocycles. The molecule has 0 nitrogen and oxygen atoms in total. The maximum Gasteiger partial charge on any atom is 0.175 e. The van der Waals surface area contributed by atoms with Gasteiger partial charge in [0.05, 0.1) is 0 Å². The van der Waals surface area contributed by atoms with Gasteiger partial charge in [0, 0.05) is 5.92 Å². The molecule has 0 aliphatic carbocycles. The number of hydrogen-bond acceptors (Lipinski definition) is 0. The van der Waals surface area contributed by atoms with Crippen molar-refractivity contribution in [1.29, 1.82) is 0 Å². The van der Waals surface area contributed by atoms with E-state index in [4.69, 9.17) is 0 Å². The molecule has 0 saturated heterocycles. The first-order chi connectivity index (χ1) is 11.8. The summed E-state index contributed by atoms with van der Waals surface area (Å²) in [5.41, 5.74) is 4.65. The number of hydrogen-bond donors (Lipinski definition) is 0. The lowest BCUT2D eigenvalue weighted by Crippen LogP contribution is -2.74. The monoisotopic (exact) mass is 324 g/mol. The molecule has 0 fully saturated rings. The van der Waals surface area contributed by atoms with E-state index in [1.165, 1.54) is 16.3 Å². The van der Waals surface area contributed by atoms with Crippen LogP contribution < -0.4 is 15.6 Å². The maximum absolute atomic E-state index is 2.40. The van der Waals surface area contributed by atoms with E-state index in [1.54, 1.807) is 21.1 Å². The van der Waals surface area contributed by atoms with Crippen LogP contribution in [0.25, 0.3) is 0 Å². The Morgan fingerprint density at radius 2 is 1.12 bits per heavy atom. The Morgan fingerprint density at radius 3 is 1.71 bits per heavy atom. The molecular weight excluding hydrogens is 304 g/mol. The van der Waals surface area contributed by atoms with E-state index in [-0.39, 0.29) is 0 Å². The van der Waals surface area contributed by atoms with Crippen LogP contribution in [0.3, 0.4) is 0 Å². The van der Waals surface area contributed by atoms with Gasteiger partial charge in [-0.15, -0.1) is 0 Å². The van der Waals surface area contributed by atoms with Gasteiger partial charge in [0.1, 0.15) is 0 Å². The van der Waals surface area contributed by atoms with Gasteiger partial charge in [-0.2, -0.15) is 0 Å². The van der Waals surface area contributed by atoms with Gasteiger partial charge in [-0.1, -0.05) is 89.6 Å². The molecule has 3 aliphatic rings. The topological polar surface area (TPSA) is 0 Å². The van der Waals surface area contributed by atoms with Crippen molar-refractivity contribution in [1.82, 2.24) is 0 Å². The molecule has 0 N–H and O–H groups in total. The normalized spacial score (nSPS) is 23.8. The standard InChI is InChI=1S/C23H20Si/c1-16-17(2)24(18-10-4-3-5-11-18)21-14-8-6-12-19(21)23(16)20-13-7-9-15-22(20)24/h3-15,23H,1-2H3. The summed E-state index contributed by atoms with van der Waals surface area (Å²) in [5.74, 6) is 0.440. The smallest absolute Gasteiger partial charge is 0.0706 e. The molecule has 0 atom stereocenters. The van der Waals surface area contributed by atoms with Gasteiger partial charge in [-0.25, -0.2) is 0 Å². The molecule has 0 unspecified atom stereocenters. The highest BCUT2D eigenvalue weighted by molar-refractivity contribution is 7.17. The lowest BCUT2D eigenvalue weighted by molar-refractivity contribution is 0.924. The predicted molar refractivity (Wildman–Crippen MR) is 104 cm³/mol. The highest BCUT2D eigenvalue weighted by Crippen LogP contribution is 2.44. The van der Waals surface area contributed by atoms with Gasteiger partial charge in [0.2, 0.25) is 0 Å². The summed E-state index contributed by atoms with van der Waals surface area (Å²) in [4.78, 5) is 0. The van der Waals surface area contributed by atoms with Crippen LogP contribution in [0.2, 0.25) is 0 Å². The Kier molecular flexibility index (Phi) is 2.81. The maximum atomic E-state index is 2.40. The van der Waals surface area contributed by atoms with Crippen molar-refractivity contribution >= 4 is 23.6 Å². The molecular formula is C23H20Si. The van der Waals surface area contributed by atoms with Crippen molar-refractivity contribution in [2.45, 2.75) is 19.8 Å². The van der Waals surface area contributed by atoms with E-state index in [0.29, 0.717) is 5.92 Å². The SMILES string of the molecule is CC1=C(C)[Si]2(c3ccccc3)c3ccccc3C1c1ccccc12. The molecule has 116 valence electrons. The van der Waals surface area contributed by atoms with Crippen LogP contribution in [0.4, 0.5) is 0 Å². The van der Waals surface area contributed by atoms with Crippen LogP contribution in [-0.4, -0.2) is 8.07 Å². The molecule has 0 amide bonds. The fourth-order valence-corrected chi connectivity index (χ4v) is 10.7. The van der Waals surface area contributed by atoms with Crippen molar-refractivity contribution in [3.63, 3.8) is 0 Å². The molecule has 3 aromatic rings. The van der Waals surface area contributed by atoms with Crippen LogP contribution in [0, 0.1) is 0 Å². The average molecular weight is 324 g/mol. The second kappa shape index (κ2) is 4.81. The Bertz CT molecular complexity index is 934. The lowest BCUT2D eigenvalue weighted by Gasteiger charge is -2.49. The molecule has 3 aliphatic heterocycles. The minimum absolute atomic E-state index is 0.440. The molecule has 0 spiro atoms. The molecule has 6 rings (SSSR count). The van der Waals surface area contributed by atoms with Crippen LogP contribution in [0.1, 0.15) is 30.9 Å². The van der Waals surface area contributed by atoms with E-state index in [2.05, 4.69) is 92.7 Å². The van der Waals surface area contributed by atoms with E-state index >= 15 is 0 Å². The number of benzene rings is 3. The zero-order valence-corrected chi connectivity index (χ0v) is 15.1. The van der Waals surface area contributed by atoms with Crippen molar-refractivity contribution in [3.8, 4) is 0 Å². The zero-order valence-electron chi connectivity index (χ0n) is 14.1. The van der Waals surface area contributed by atoms with Gasteiger partial charge in [0.15, 0.2) is 8.07 Å². The van der Waals surface area contributed by atoms with Gasteiger partial charge in [-0.3, -0.25) is 0 Å². The number of allylic oxidation sites excluding steroid dienone is 2. The first-order valence-electron chi connectivity index (χ1n) is 8.68. The summed E-state index contributed by atoms with van der Waals surface area (Å²) >= 11 is 0. The quantitative estimate of drug-likeness (QED) is 0.601. The third-order valence-corrected chi connectivity index (χ3v) is 11.4. The van der Waals surface area contributed by atoms with E-state index in [1.807, 2.05) is 0 Å². The predicted octanol–water partition coefficient (Wildman–Crippen LogP) is 3.49. The second-order valence-corrected chi connectivity index (χ2v) is 10.9. The molecule has 2 bridgehead atoms. The number of rotatable bonds is 1. The largest absolute Gasteiger partial charge is 0.175 e. The Balaban J connectivity index is 2.01. The minimum atomic E-state index is -2.09. The van der Waals surface area contributed by atoms with Crippen LogP contribution >= 0.6 is 0 Å². The third kappa shape index (κ3) is 1.49. The molecule has 3 heterocycles. The van der Waals surface area contributed by atoms with Crippen molar-refractivity contribution in [2.24, 2.45) is 0 Å². The highest BCUT2D eigenvalue weighted by Gasteiger charge is 2.53. The summed E-state index contributed by atoms with van der Waals surface area (Å²) in [6.07, 6.45) is 0. The van der Waals surface area contributed by atoms with Crippen LogP contribution in [-0.2, 0) is 0 Å². The third-order valence-electron chi connectivity index (χ3n) is 6.15. The summed E-state index contributed by atoms with van der Waals surface area (Å²) in [5, 5.41) is 6.35. The fraction of sp³-hybridized carbons (Fsp3) is 0.130. The van der Waals surface area contributed by atoms with Gasteiger partial charge >= 0.3 is 0 Å².